The number of carbonyl (C=O) groups excluding carboxylic acids is 2. The maximum atomic E-state index is 14.3. The van der Waals surface area contributed by atoms with Crippen LogP contribution in [0.1, 0.15) is 56.6 Å². The first-order chi connectivity index (χ1) is 21.7. The normalized spacial score (nSPS) is 14.3. The zero-order valence-corrected chi connectivity index (χ0v) is 27.5. The van der Waals surface area contributed by atoms with Gasteiger partial charge in [-0.3, -0.25) is 13.9 Å². The summed E-state index contributed by atoms with van der Waals surface area (Å²) in [5.41, 5.74) is 2.31. The van der Waals surface area contributed by atoms with Crippen molar-refractivity contribution >= 4 is 27.5 Å². The van der Waals surface area contributed by atoms with E-state index >= 15 is 0 Å². The van der Waals surface area contributed by atoms with Gasteiger partial charge in [0.25, 0.3) is 10.0 Å². The summed E-state index contributed by atoms with van der Waals surface area (Å²) in [6, 6.07) is 20.4. The maximum Gasteiger partial charge on any atom is 0.264 e. The Kier molecular flexibility index (Phi) is 11.9. The molecule has 0 radical (unpaired) electrons. The van der Waals surface area contributed by atoms with Crippen LogP contribution in [0.4, 0.5) is 5.69 Å². The number of nitrogens with zero attached hydrogens (tertiary/aromatic N) is 2. The van der Waals surface area contributed by atoms with Crippen LogP contribution in [0, 0.1) is 6.92 Å². The van der Waals surface area contributed by atoms with E-state index in [1.54, 1.807) is 29.2 Å². The largest absolute Gasteiger partial charge is 0.493 e. The summed E-state index contributed by atoms with van der Waals surface area (Å²) in [7, 11) is -1.34. The van der Waals surface area contributed by atoms with E-state index in [1.807, 2.05) is 44.2 Å². The summed E-state index contributed by atoms with van der Waals surface area (Å²) >= 11 is 0. The van der Waals surface area contributed by atoms with E-state index in [0.717, 1.165) is 47.5 Å². The van der Waals surface area contributed by atoms with Gasteiger partial charge in [0.05, 0.1) is 24.8 Å². The van der Waals surface area contributed by atoms with Crippen LogP contribution < -0.4 is 19.1 Å². The molecule has 1 saturated carbocycles. The number of ether oxygens (including phenoxy) is 2. The Bertz CT molecular complexity index is 1520. The highest BCUT2D eigenvalue weighted by atomic mass is 32.2. The fourth-order valence-corrected chi connectivity index (χ4v) is 7.21. The minimum absolute atomic E-state index is 0.0496. The van der Waals surface area contributed by atoms with Crippen molar-refractivity contribution in [2.75, 3.05) is 31.6 Å². The highest BCUT2D eigenvalue weighted by molar-refractivity contribution is 7.92. The molecule has 9 nitrogen and oxygen atoms in total. The lowest BCUT2D eigenvalue weighted by Crippen LogP contribution is -2.54. The number of anilines is 1. The quantitative estimate of drug-likeness (QED) is 0.251. The molecule has 1 atom stereocenters. The summed E-state index contributed by atoms with van der Waals surface area (Å²) in [5.74, 6) is -0.0170. The van der Waals surface area contributed by atoms with Crippen molar-refractivity contribution in [3.63, 3.8) is 0 Å². The number of sulfonamides is 1. The molecule has 3 aromatic rings. The van der Waals surface area contributed by atoms with E-state index in [1.165, 1.54) is 32.4 Å². The highest BCUT2D eigenvalue weighted by Crippen LogP contribution is 2.32. The zero-order valence-electron chi connectivity index (χ0n) is 26.7. The average Bonchev–Trinajstić information content (AvgIpc) is 3.06. The number of methoxy groups -OCH3 is 2. The molecular weight excluding hydrogens is 590 g/mol. The third-order valence-electron chi connectivity index (χ3n) is 8.37. The summed E-state index contributed by atoms with van der Waals surface area (Å²) in [6.45, 7) is 3.57. The third kappa shape index (κ3) is 8.57. The number of hydrogen-bond donors (Lipinski definition) is 1. The third-order valence-corrected chi connectivity index (χ3v) is 10.1. The van der Waals surface area contributed by atoms with Crippen molar-refractivity contribution in [2.45, 2.75) is 75.8 Å². The van der Waals surface area contributed by atoms with Crippen LogP contribution in [0.2, 0.25) is 0 Å². The second kappa shape index (κ2) is 15.8. The second-order valence-corrected chi connectivity index (χ2v) is 13.3. The van der Waals surface area contributed by atoms with Gasteiger partial charge >= 0.3 is 0 Å². The SMILES string of the molecule is CCC(C(=O)NC1CCCCC1)N(CCc1ccccc1)C(=O)CN(c1ccc(C)cc1)S(=O)(=O)c1ccc(OC)c(OC)c1. The van der Waals surface area contributed by atoms with E-state index in [-0.39, 0.29) is 29.1 Å². The lowest BCUT2D eigenvalue weighted by atomic mass is 9.95. The van der Waals surface area contributed by atoms with Gasteiger partial charge in [-0.15, -0.1) is 0 Å². The second-order valence-electron chi connectivity index (χ2n) is 11.5. The smallest absolute Gasteiger partial charge is 0.264 e. The van der Waals surface area contributed by atoms with Gasteiger partial charge in [0.15, 0.2) is 11.5 Å². The van der Waals surface area contributed by atoms with Crippen molar-refractivity contribution in [1.82, 2.24) is 10.2 Å². The molecule has 0 bridgehead atoms. The number of benzene rings is 3. The molecule has 0 saturated heterocycles. The fourth-order valence-electron chi connectivity index (χ4n) is 5.78. The maximum absolute atomic E-state index is 14.3. The highest BCUT2D eigenvalue weighted by Gasteiger charge is 2.34. The molecule has 1 N–H and O–H groups in total. The Labute approximate surface area is 267 Å². The van der Waals surface area contributed by atoms with Gasteiger partial charge in [-0.2, -0.15) is 0 Å². The van der Waals surface area contributed by atoms with Gasteiger partial charge in [0, 0.05) is 18.7 Å². The molecule has 1 aliphatic rings. The molecule has 3 aromatic carbocycles. The average molecular weight is 636 g/mol. The van der Waals surface area contributed by atoms with Crippen molar-refractivity contribution < 1.29 is 27.5 Å². The lowest BCUT2D eigenvalue weighted by molar-refractivity contribution is -0.140. The first-order valence-electron chi connectivity index (χ1n) is 15.6. The van der Waals surface area contributed by atoms with E-state index < -0.39 is 28.5 Å². The molecule has 2 amide bonds. The Morgan fingerprint density at radius 2 is 1.58 bits per heavy atom. The van der Waals surface area contributed by atoms with Gasteiger partial charge < -0.3 is 19.7 Å². The number of nitrogens with one attached hydrogen (secondary N) is 1. The van der Waals surface area contributed by atoms with Crippen molar-refractivity contribution in [2.24, 2.45) is 0 Å². The molecule has 242 valence electrons. The predicted octanol–water partition coefficient (Wildman–Crippen LogP) is 5.51. The monoisotopic (exact) mass is 635 g/mol. The molecule has 45 heavy (non-hydrogen) atoms. The molecule has 1 aliphatic carbocycles. The summed E-state index contributed by atoms with van der Waals surface area (Å²) in [6.07, 6.45) is 6.05. The van der Waals surface area contributed by atoms with Crippen molar-refractivity contribution in [3.05, 3.63) is 83.9 Å². The van der Waals surface area contributed by atoms with E-state index in [9.17, 15) is 18.0 Å². The number of aryl methyl sites for hydroxylation is 1. The molecule has 4 rings (SSSR count). The van der Waals surface area contributed by atoms with Crippen molar-refractivity contribution in [1.29, 1.82) is 0 Å². The number of hydrogen-bond acceptors (Lipinski definition) is 6. The minimum atomic E-state index is -4.25. The van der Waals surface area contributed by atoms with E-state index in [2.05, 4.69) is 5.32 Å². The Hall–Kier alpha value is -4.05. The fraction of sp³-hybridized carbons (Fsp3) is 0.429. The molecule has 1 unspecified atom stereocenters. The van der Waals surface area contributed by atoms with Gasteiger partial charge in [0.1, 0.15) is 12.6 Å². The Morgan fingerprint density at radius 1 is 0.911 bits per heavy atom. The van der Waals surface area contributed by atoms with Crippen LogP contribution in [0.15, 0.2) is 77.7 Å². The lowest BCUT2D eigenvalue weighted by Gasteiger charge is -2.34. The first-order valence-corrected chi connectivity index (χ1v) is 17.1. The van der Waals surface area contributed by atoms with E-state index in [0.29, 0.717) is 24.3 Å². The van der Waals surface area contributed by atoms with Gasteiger partial charge in [-0.25, -0.2) is 8.42 Å². The molecule has 10 heteroatoms. The van der Waals surface area contributed by atoms with Gasteiger partial charge in [-0.05, 0) is 62.4 Å². The zero-order chi connectivity index (χ0) is 32.4. The number of carbonyl (C=O) groups is 2. The van der Waals surface area contributed by atoms with Crippen LogP contribution in [0.3, 0.4) is 0 Å². The van der Waals surface area contributed by atoms with Crippen molar-refractivity contribution in [3.8, 4) is 11.5 Å². The molecule has 0 heterocycles. The standard InChI is InChI=1S/C35H45N3O6S/c1-5-31(35(40)36-28-14-10-7-11-15-28)37(23-22-27-12-8-6-9-13-27)34(39)25-38(29-18-16-26(2)17-19-29)45(41,42)30-20-21-32(43-3)33(24-30)44-4/h6,8-9,12-13,16-21,24,28,31H,5,7,10-11,14-15,22-23,25H2,1-4H3,(H,36,40). The molecule has 0 aromatic heterocycles. The summed E-state index contributed by atoms with van der Waals surface area (Å²) in [5, 5.41) is 3.18. The molecular formula is C35H45N3O6S. The van der Waals surface area contributed by atoms with Crippen LogP contribution >= 0.6 is 0 Å². The minimum Gasteiger partial charge on any atom is -0.493 e. The Balaban J connectivity index is 1.69. The van der Waals surface area contributed by atoms with Crippen LogP contribution in [-0.2, 0) is 26.0 Å². The molecule has 1 fully saturated rings. The first kappa shape index (κ1) is 33.8. The van der Waals surface area contributed by atoms with E-state index in [4.69, 9.17) is 9.47 Å². The molecule has 0 aliphatic heterocycles. The summed E-state index contributed by atoms with van der Waals surface area (Å²) in [4.78, 5) is 29.5. The summed E-state index contributed by atoms with van der Waals surface area (Å²) < 4.78 is 40.3. The predicted molar refractivity (Wildman–Crippen MR) is 176 cm³/mol. The van der Waals surface area contributed by atoms with Crippen LogP contribution in [-0.4, -0.2) is 64.5 Å². The number of amides is 2. The number of rotatable bonds is 14. The van der Waals surface area contributed by atoms with Crippen LogP contribution in [0.25, 0.3) is 0 Å². The topological polar surface area (TPSA) is 105 Å². The van der Waals surface area contributed by atoms with Crippen LogP contribution in [0.5, 0.6) is 11.5 Å². The van der Waals surface area contributed by atoms with Gasteiger partial charge in [0.2, 0.25) is 11.8 Å². The molecule has 0 spiro atoms. The Morgan fingerprint density at radius 3 is 2.20 bits per heavy atom. The van der Waals surface area contributed by atoms with Gasteiger partial charge in [-0.1, -0.05) is 74.2 Å².